The van der Waals surface area contributed by atoms with Gasteiger partial charge in [0.05, 0.1) is 11.8 Å². The summed E-state index contributed by atoms with van der Waals surface area (Å²) in [5, 5.41) is 3.90. The van der Waals surface area contributed by atoms with Crippen molar-refractivity contribution in [3.05, 3.63) is 94.0 Å². The molecule has 3 rings (SSSR count). The maximum Gasteiger partial charge on any atom is 0.343 e. The number of carbonyl (C=O) groups is 2. The van der Waals surface area contributed by atoms with Gasteiger partial charge < -0.3 is 9.47 Å². The van der Waals surface area contributed by atoms with Crippen LogP contribution in [0.2, 0.25) is 0 Å². The highest BCUT2D eigenvalue weighted by Gasteiger charge is 2.08. The molecule has 0 aliphatic carbocycles. The van der Waals surface area contributed by atoms with Gasteiger partial charge in [0.25, 0.3) is 5.91 Å². The molecule has 3 aromatic rings. The lowest BCUT2D eigenvalue weighted by molar-refractivity contribution is -0.123. The summed E-state index contributed by atoms with van der Waals surface area (Å²) in [7, 11) is 0. The van der Waals surface area contributed by atoms with Gasteiger partial charge in [0.1, 0.15) is 11.5 Å². The molecule has 1 N–H and O–H groups in total. The molecule has 0 aromatic heterocycles. The van der Waals surface area contributed by atoms with Gasteiger partial charge in [-0.1, -0.05) is 28.1 Å². The normalized spacial score (nSPS) is 10.6. The zero-order valence-electron chi connectivity index (χ0n) is 16.2. The molecule has 0 bridgehead atoms. The number of ether oxygens (including phenoxy) is 2. The number of hydrogen-bond acceptors (Lipinski definition) is 5. The van der Waals surface area contributed by atoms with Crippen molar-refractivity contribution < 1.29 is 19.1 Å². The summed E-state index contributed by atoms with van der Waals surface area (Å²) >= 11 is 3.32. The molecule has 7 heteroatoms. The average molecular weight is 467 g/mol. The third-order valence-electron chi connectivity index (χ3n) is 3.93. The molecular formula is C23H19BrN2O4. The Morgan fingerprint density at radius 3 is 2.43 bits per heavy atom. The van der Waals surface area contributed by atoms with Crippen LogP contribution < -0.4 is 14.9 Å². The van der Waals surface area contributed by atoms with E-state index in [0.29, 0.717) is 17.1 Å². The number of hydrogen-bond donors (Lipinski definition) is 1. The van der Waals surface area contributed by atoms with Crippen LogP contribution in [0.25, 0.3) is 0 Å². The van der Waals surface area contributed by atoms with Gasteiger partial charge in [-0.05, 0) is 78.7 Å². The summed E-state index contributed by atoms with van der Waals surface area (Å²) in [5.74, 6) is 0.232. The fraction of sp³-hybridized carbons (Fsp3) is 0.0870. The lowest BCUT2D eigenvalue weighted by Crippen LogP contribution is -2.24. The van der Waals surface area contributed by atoms with Crippen LogP contribution in [0.5, 0.6) is 11.5 Å². The van der Waals surface area contributed by atoms with Gasteiger partial charge in [-0.2, -0.15) is 5.10 Å². The van der Waals surface area contributed by atoms with Gasteiger partial charge in [-0.15, -0.1) is 0 Å². The summed E-state index contributed by atoms with van der Waals surface area (Å²) in [5.41, 5.74) is 4.65. The molecule has 1 amide bonds. The predicted octanol–water partition coefficient (Wildman–Crippen LogP) is 4.51. The molecule has 30 heavy (non-hydrogen) atoms. The number of hydrazone groups is 1. The quantitative estimate of drug-likeness (QED) is 0.240. The van der Waals surface area contributed by atoms with Gasteiger partial charge in [-0.25, -0.2) is 10.2 Å². The number of amides is 1. The fourth-order valence-corrected chi connectivity index (χ4v) is 2.70. The van der Waals surface area contributed by atoms with E-state index in [-0.39, 0.29) is 12.5 Å². The standard InChI is InChI=1S/C23H19BrN2O4/c1-16-3-2-4-21(13-16)29-15-22(27)26-25-14-17-5-11-20(12-6-17)30-23(28)18-7-9-19(24)10-8-18/h2-14H,15H2,1H3,(H,26,27)/b25-14-. The average Bonchev–Trinajstić information content (AvgIpc) is 2.74. The fourth-order valence-electron chi connectivity index (χ4n) is 2.44. The smallest absolute Gasteiger partial charge is 0.343 e. The van der Waals surface area contributed by atoms with E-state index in [1.54, 1.807) is 54.6 Å². The Bertz CT molecular complexity index is 1050. The lowest BCUT2D eigenvalue weighted by Gasteiger charge is -2.06. The lowest BCUT2D eigenvalue weighted by atomic mass is 10.2. The summed E-state index contributed by atoms with van der Waals surface area (Å²) in [6.45, 7) is 1.82. The minimum Gasteiger partial charge on any atom is -0.484 e. The topological polar surface area (TPSA) is 77.0 Å². The SMILES string of the molecule is Cc1cccc(OCC(=O)N/N=C\c2ccc(OC(=O)c3ccc(Br)cc3)cc2)c1. The van der Waals surface area contributed by atoms with Crippen molar-refractivity contribution in [2.45, 2.75) is 6.92 Å². The molecule has 0 fully saturated rings. The van der Waals surface area contributed by atoms with Crippen molar-refractivity contribution in [1.82, 2.24) is 5.43 Å². The van der Waals surface area contributed by atoms with Crippen molar-refractivity contribution >= 4 is 34.0 Å². The van der Waals surface area contributed by atoms with Crippen LogP contribution in [0.4, 0.5) is 0 Å². The third kappa shape index (κ3) is 6.56. The van der Waals surface area contributed by atoms with Gasteiger partial charge in [0.15, 0.2) is 6.61 Å². The number of carbonyl (C=O) groups excluding carboxylic acids is 2. The van der Waals surface area contributed by atoms with Crippen molar-refractivity contribution in [3.63, 3.8) is 0 Å². The molecule has 0 unspecified atom stereocenters. The van der Waals surface area contributed by atoms with Crippen LogP contribution in [0.15, 0.2) is 82.4 Å². The number of halogens is 1. The summed E-state index contributed by atoms with van der Waals surface area (Å²) in [4.78, 5) is 23.9. The number of aryl methyl sites for hydroxylation is 1. The second kappa shape index (κ2) is 10.4. The van der Waals surface area contributed by atoms with Crippen LogP contribution in [-0.2, 0) is 4.79 Å². The molecule has 0 radical (unpaired) electrons. The minimum atomic E-state index is -0.440. The Morgan fingerprint density at radius 1 is 1.00 bits per heavy atom. The van der Waals surface area contributed by atoms with E-state index >= 15 is 0 Å². The number of esters is 1. The molecule has 0 saturated heterocycles. The van der Waals surface area contributed by atoms with E-state index < -0.39 is 5.97 Å². The molecule has 0 atom stereocenters. The zero-order valence-corrected chi connectivity index (χ0v) is 17.8. The number of benzene rings is 3. The van der Waals surface area contributed by atoms with E-state index in [4.69, 9.17) is 9.47 Å². The first-order valence-corrected chi connectivity index (χ1v) is 9.88. The van der Waals surface area contributed by atoms with Crippen LogP contribution in [0.3, 0.4) is 0 Å². The maximum absolute atomic E-state index is 12.1. The Morgan fingerprint density at radius 2 is 1.73 bits per heavy atom. The second-order valence-electron chi connectivity index (χ2n) is 6.36. The molecule has 0 spiro atoms. The van der Waals surface area contributed by atoms with Gasteiger partial charge >= 0.3 is 5.97 Å². The molecule has 0 aliphatic rings. The molecule has 152 valence electrons. The van der Waals surface area contributed by atoms with Crippen LogP contribution in [0.1, 0.15) is 21.5 Å². The molecular weight excluding hydrogens is 448 g/mol. The summed E-state index contributed by atoms with van der Waals surface area (Å²) < 4.78 is 11.6. The first-order chi connectivity index (χ1) is 14.5. The number of nitrogens with zero attached hydrogens (tertiary/aromatic N) is 1. The Labute approximate surface area is 182 Å². The molecule has 3 aromatic carbocycles. The van der Waals surface area contributed by atoms with Crippen molar-refractivity contribution in [2.24, 2.45) is 5.10 Å². The van der Waals surface area contributed by atoms with Crippen molar-refractivity contribution in [1.29, 1.82) is 0 Å². The molecule has 0 aliphatic heterocycles. The van der Waals surface area contributed by atoms with E-state index in [9.17, 15) is 9.59 Å². The van der Waals surface area contributed by atoms with Gasteiger partial charge in [-0.3, -0.25) is 4.79 Å². The Balaban J connectivity index is 1.46. The largest absolute Gasteiger partial charge is 0.484 e. The highest BCUT2D eigenvalue weighted by Crippen LogP contribution is 2.16. The van der Waals surface area contributed by atoms with Gasteiger partial charge in [0, 0.05) is 4.47 Å². The molecule has 0 heterocycles. The molecule has 0 saturated carbocycles. The van der Waals surface area contributed by atoms with Crippen LogP contribution in [0, 0.1) is 6.92 Å². The number of rotatable bonds is 7. The third-order valence-corrected chi connectivity index (χ3v) is 4.46. The number of nitrogens with one attached hydrogen (secondary N) is 1. The first-order valence-electron chi connectivity index (χ1n) is 9.09. The monoisotopic (exact) mass is 466 g/mol. The van der Waals surface area contributed by atoms with Gasteiger partial charge in [0.2, 0.25) is 0 Å². The Hall–Kier alpha value is -3.45. The second-order valence-corrected chi connectivity index (χ2v) is 7.28. The van der Waals surface area contributed by atoms with E-state index in [0.717, 1.165) is 15.6 Å². The van der Waals surface area contributed by atoms with Crippen molar-refractivity contribution in [2.75, 3.05) is 6.61 Å². The van der Waals surface area contributed by atoms with E-state index in [1.807, 2.05) is 25.1 Å². The summed E-state index contributed by atoms with van der Waals surface area (Å²) in [6.07, 6.45) is 1.49. The van der Waals surface area contributed by atoms with E-state index in [1.165, 1.54) is 6.21 Å². The maximum atomic E-state index is 12.1. The van der Waals surface area contributed by atoms with E-state index in [2.05, 4.69) is 26.5 Å². The van der Waals surface area contributed by atoms with Crippen LogP contribution in [-0.4, -0.2) is 24.7 Å². The minimum absolute atomic E-state index is 0.133. The predicted molar refractivity (Wildman–Crippen MR) is 118 cm³/mol. The van der Waals surface area contributed by atoms with Crippen LogP contribution >= 0.6 is 15.9 Å². The zero-order chi connectivity index (χ0) is 21.3. The highest BCUT2D eigenvalue weighted by molar-refractivity contribution is 9.10. The van der Waals surface area contributed by atoms with Crippen molar-refractivity contribution in [3.8, 4) is 11.5 Å². The molecule has 6 nitrogen and oxygen atoms in total. The summed E-state index contributed by atoms with van der Waals surface area (Å²) in [6, 6.07) is 21.1. The Kier molecular flexibility index (Phi) is 7.34. The highest BCUT2D eigenvalue weighted by atomic mass is 79.9. The first kappa shape index (κ1) is 21.3.